The zero-order valence-electron chi connectivity index (χ0n) is 10.6. The van der Waals surface area contributed by atoms with Gasteiger partial charge in [0.25, 0.3) is 0 Å². The summed E-state index contributed by atoms with van der Waals surface area (Å²) in [6, 6.07) is 7.54. The highest BCUT2D eigenvalue weighted by Gasteiger charge is 2.15. The Labute approximate surface area is 107 Å². The molecule has 1 aliphatic rings. The lowest BCUT2D eigenvalue weighted by Gasteiger charge is -2.08. The SMILES string of the molecule is COC(=O)c1cccc(CCCC2OCCO2)c1. The smallest absolute Gasteiger partial charge is 0.337 e. The standard InChI is InChI=1S/C14H18O4/c1-16-14(15)12-6-2-4-11(10-12)5-3-7-13-17-8-9-18-13/h2,4,6,10,13H,3,5,7-9H2,1H3. The number of carbonyl (C=O) groups excluding carboxylic acids is 1. The van der Waals surface area contributed by atoms with Gasteiger partial charge in [-0.25, -0.2) is 4.79 Å². The molecule has 0 spiro atoms. The first-order valence-corrected chi connectivity index (χ1v) is 6.20. The van der Waals surface area contributed by atoms with E-state index in [1.54, 1.807) is 6.07 Å². The first-order chi connectivity index (χ1) is 8.79. The van der Waals surface area contributed by atoms with Crippen molar-refractivity contribution < 1.29 is 19.0 Å². The maximum atomic E-state index is 11.4. The number of aryl methyl sites for hydroxylation is 1. The Kier molecular flexibility index (Phi) is 4.73. The molecule has 0 atom stereocenters. The molecule has 0 radical (unpaired) electrons. The Morgan fingerprint density at radius 3 is 2.89 bits per heavy atom. The summed E-state index contributed by atoms with van der Waals surface area (Å²) in [6.07, 6.45) is 2.74. The molecule has 1 fully saturated rings. The largest absolute Gasteiger partial charge is 0.465 e. The van der Waals surface area contributed by atoms with Crippen molar-refractivity contribution >= 4 is 5.97 Å². The number of carbonyl (C=O) groups is 1. The van der Waals surface area contributed by atoms with Gasteiger partial charge in [-0.15, -0.1) is 0 Å². The predicted octanol–water partition coefficient (Wildman–Crippen LogP) is 2.17. The van der Waals surface area contributed by atoms with Crippen molar-refractivity contribution in [2.75, 3.05) is 20.3 Å². The fourth-order valence-corrected chi connectivity index (χ4v) is 2.02. The summed E-state index contributed by atoms with van der Waals surface area (Å²) in [5, 5.41) is 0. The second-order valence-corrected chi connectivity index (χ2v) is 4.26. The molecule has 0 N–H and O–H groups in total. The van der Waals surface area contributed by atoms with Gasteiger partial charge in [0.15, 0.2) is 6.29 Å². The minimum atomic E-state index is -0.292. The summed E-state index contributed by atoms with van der Waals surface area (Å²) in [5.41, 5.74) is 1.74. The van der Waals surface area contributed by atoms with E-state index in [4.69, 9.17) is 14.2 Å². The molecule has 0 aliphatic carbocycles. The number of methoxy groups -OCH3 is 1. The molecule has 0 unspecified atom stereocenters. The monoisotopic (exact) mass is 250 g/mol. The van der Waals surface area contributed by atoms with Crippen molar-refractivity contribution in [3.63, 3.8) is 0 Å². The Hall–Kier alpha value is -1.39. The van der Waals surface area contributed by atoms with Crippen molar-refractivity contribution in [1.82, 2.24) is 0 Å². The molecule has 98 valence electrons. The van der Waals surface area contributed by atoms with Crippen LogP contribution in [0.15, 0.2) is 24.3 Å². The van der Waals surface area contributed by atoms with E-state index in [0.717, 1.165) is 24.8 Å². The van der Waals surface area contributed by atoms with Crippen molar-refractivity contribution in [3.8, 4) is 0 Å². The minimum Gasteiger partial charge on any atom is -0.465 e. The van der Waals surface area contributed by atoms with Gasteiger partial charge in [-0.2, -0.15) is 0 Å². The van der Waals surface area contributed by atoms with Gasteiger partial charge in [0.2, 0.25) is 0 Å². The third kappa shape index (κ3) is 3.55. The molecule has 1 aliphatic heterocycles. The Bertz CT molecular complexity index is 397. The molecular formula is C14H18O4. The summed E-state index contributed by atoms with van der Waals surface area (Å²) in [4.78, 5) is 11.4. The Morgan fingerprint density at radius 1 is 1.39 bits per heavy atom. The molecule has 4 heteroatoms. The van der Waals surface area contributed by atoms with E-state index in [1.807, 2.05) is 18.2 Å². The van der Waals surface area contributed by atoms with Gasteiger partial charge in [0.05, 0.1) is 25.9 Å². The number of benzene rings is 1. The van der Waals surface area contributed by atoms with Crippen molar-refractivity contribution in [1.29, 1.82) is 0 Å². The van der Waals surface area contributed by atoms with Gasteiger partial charge < -0.3 is 14.2 Å². The number of esters is 1. The number of hydrogen-bond donors (Lipinski definition) is 0. The highest BCUT2D eigenvalue weighted by Crippen LogP contribution is 2.14. The van der Waals surface area contributed by atoms with Crippen LogP contribution in [0.3, 0.4) is 0 Å². The van der Waals surface area contributed by atoms with Crippen molar-refractivity contribution in [2.24, 2.45) is 0 Å². The van der Waals surface area contributed by atoms with E-state index < -0.39 is 0 Å². The van der Waals surface area contributed by atoms with Crippen molar-refractivity contribution in [2.45, 2.75) is 25.6 Å². The van der Waals surface area contributed by atoms with Crippen molar-refractivity contribution in [3.05, 3.63) is 35.4 Å². The summed E-state index contributed by atoms with van der Waals surface area (Å²) < 4.78 is 15.4. The Morgan fingerprint density at radius 2 is 2.17 bits per heavy atom. The molecule has 0 saturated carbocycles. The third-order valence-corrected chi connectivity index (χ3v) is 2.94. The summed E-state index contributed by atoms with van der Waals surface area (Å²) >= 11 is 0. The van der Waals surface area contributed by atoms with Crippen LogP contribution in [0.25, 0.3) is 0 Å². The van der Waals surface area contributed by atoms with Crippen LogP contribution in [0.1, 0.15) is 28.8 Å². The predicted molar refractivity (Wildman–Crippen MR) is 66.4 cm³/mol. The first kappa shape index (κ1) is 13.1. The molecule has 0 bridgehead atoms. The number of ether oxygens (including phenoxy) is 3. The van der Waals surface area contributed by atoms with Crippen LogP contribution in [0.2, 0.25) is 0 Å². The van der Waals surface area contributed by atoms with E-state index in [1.165, 1.54) is 7.11 Å². The summed E-state index contributed by atoms with van der Waals surface area (Å²) in [7, 11) is 1.39. The zero-order chi connectivity index (χ0) is 12.8. The fourth-order valence-electron chi connectivity index (χ4n) is 2.02. The van der Waals surface area contributed by atoms with Gasteiger partial charge in [0.1, 0.15) is 0 Å². The minimum absolute atomic E-state index is 0.0474. The molecule has 0 aromatic heterocycles. The van der Waals surface area contributed by atoms with E-state index in [0.29, 0.717) is 18.8 Å². The van der Waals surface area contributed by atoms with Crippen LogP contribution >= 0.6 is 0 Å². The zero-order valence-corrected chi connectivity index (χ0v) is 10.6. The third-order valence-electron chi connectivity index (χ3n) is 2.94. The van der Waals surface area contributed by atoms with Crippen LogP contribution in [0.5, 0.6) is 0 Å². The molecule has 0 amide bonds. The molecule has 1 aromatic carbocycles. The summed E-state index contributed by atoms with van der Waals surface area (Å²) in [6.45, 7) is 1.39. The molecule has 1 heterocycles. The molecule has 18 heavy (non-hydrogen) atoms. The van der Waals surface area contributed by atoms with E-state index in [9.17, 15) is 4.79 Å². The van der Waals surface area contributed by atoms with Gasteiger partial charge in [0, 0.05) is 0 Å². The van der Waals surface area contributed by atoms with E-state index >= 15 is 0 Å². The Balaban J connectivity index is 1.83. The average Bonchev–Trinajstić information content (AvgIpc) is 2.91. The van der Waals surface area contributed by atoms with Gasteiger partial charge >= 0.3 is 5.97 Å². The molecule has 1 saturated heterocycles. The van der Waals surface area contributed by atoms with Crippen LogP contribution in [0, 0.1) is 0 Å². The highest BCUT2D eigenvalue weighted by atomic mass is 16.7. The van der Waals surface area contributed by atoms with Crippen LogP contribution in [-0.2, 0) is 20.6 Å². The normalized spacial score (nSPS) is 15.8. The van der Waals surface area contributed by atoms with Gasteiger partial charge in [-0.3, -0.25) is 0 Å². The average molecular weight is 250 g/mol. The molecule has 4 nitrogen and oxygen atoms in total. The maximum Gasteiger partial charge on any atom is 0.337 e. The number of rotatable bonds is 5. The molecule has 1 aromatic rings. The van der Waals surface area contributed by atoms with Crippen LogP contribution < -0.4 is 0 Å². The highest BCUT2D eigenvalue weighted by molar-refractivity contribution is 5.89. The molecular weight excluding hydrogens is 232 g/mol. The van der Waals surface area contributed by atoms with Gasteiger partial charge in [-0.1, -0.05) is 12.1 Å². The lowest BCUT2D eigenvalue weighted by atomic mass is 10.1. The fraction of sp³-hybridized carbons (Fsp3) is 0.500. The first-order valence-electron chi connectivity index (χ1n) is 6.20. The van der Waals surface area contributed by atoms with E-state index in [2.05, 4.69) is 0 Å². The topological polar surface area (TPSA) is 44.8 Å². The quantitative estimate of drug-likeness (QED) is 0.751. The van der Waals surface area contributed by atoms with Crippen LogP contribution in [-0.4, -0.2) is 32.6 Å². The van der Waals surface area contributed by atoms with Gasteiger partial charge in [-0.05, 0) is 37.0 Å². The van der Waals surface area contributed by atoms with E-state index in [-0.39, 0.29) is 12.3 Å². The van der Waals surface area contributed by atoms with Crippen LogP contribution in [0.4, 0.5) is 0 Å². The number of hydrogen-bond acceptors (Lipinski definition) is 4. The lowest BCUT2D eigenvalue weighted by Crippen LogP contribution is -2.07. The maximum absolute atomic E-state index is 11.4. The second kappa shape index (κ2) is 6.52. The lowest BCUT2D eigenvalue weighted by molar-refractivity contribution is -0.0475. The molecule has 2 rings (SSSR count). The second-order valence-electron chi connectivity index (χ2n) is 4.26. The summed E-state index contributed by atoms with van der Waals surface area (Å²) in [5.74, 6) is -0.292.